The van der Waals surface area contributed by atoms with Crippen molar-refractivity contribution in [1.29, 1.82) is 0 Å². The predicted octanol–water partition coefficient (Wildman–Crippen LogP) is 4.53. The molecule has 11 heteroatoms. The number of aromatic amines is 1. The fourth-order valence-corrected chi connectivity index (χ4v) is 6.01. The van der Waals surface area contributed by atoms with Gasteiger partial charge >= 0.3 is 0 Å². The maximum Gasteiger partial charge on any atom is 0.243 e. The van der Waals surface area contributed by atoms with Gasteiger partial charge in [0.05, 0.1) is 6.33 Å². The van der Waals surface area contributed by atoms with Gasteiger partial charge in [0, 0.05) is 68.6 Å². The Bertz CT molecular complexity index is 1580. The molecule has 0 saturated heterocycles. The van der Waals surface area contributed by atoms with Crippen molar-refractivity contribution in [2.24, 2.45) is 0 Å². The lowest BCUT2D eigenvalue weighted by atomic mass is 10.0. The number of nitrogens with zero attached hydrogens (tertiary/aromatic N) is 3. The maximum atomic E-state index is 14.2. The first kappa shape index (κ1) is 38.8. The summed E-state index contributed by atoms with van der Waals surface area (Å²) in [7, 11) is 2.01. The van der Waals surface area contributed by atoms with Gasteiger partial charge in [0.15, 0.2) is 0 Å². The molecule has 11 nitrogen and oxygen atoms in total. The van der Waals surface area contributed by atoms with Crippen molar-refractivity contribution >= 4 is 17.7 Å². The number of carbonyl (C=O) groups excluding carboxylic acids is 3. The highest BCUT2D eigenvalue weighted by Crippen LogP contribution is 2.13. The average Bonchev–Trinajstić information content (AvgIpc) is 3.65. The van der Waals surface area contributed by atoms with Crippen LogP contribution in [0.4, 0.5) is 0 Å². The molecular formula is C40H53N7O4. The van der Waals surface area contributed by atoms with E-state index in [2.05, 4.69) is 42.7 Å². The van der Waals surface area contributed by atoms with Gasteiger partial charge in [-0.3, -0.25) is 19.4 Å². The Kier molecular flexibility index (Phi) is 16.2. The van der Waals surface area contributed by atoms with E-state index in [1.165, 1.54) is 6.33 Å². The highest BCUT2D eigenvalue weighted by atomic mass is 16.3. The third kappa shape index (κ3) is 14.4. The van der Waals surface area contributed by atoms with Crippen LogP contribution in [0.5, 0.6) is 5.75 Å². The first-order valence-corrected chi connectivity index (χ1v) is 18.1. The van der Waals surface area contributed by atoms with Gasteiger partial charge < -0.3 is 30.9 Å². The Hall–Kier alpha value is -5.03. The molecule has 0 aliphatic heterocycles. The Morgan fingerprint density at radius 3 is 2.22 bits per heavy atom. The quantitative estimate of drug-likeness (QED) is 0.0758. The molecule has 4 rings (SSSR count). The summed E-state index contributed by atoms with van der Waals surface area (Å²) in [5.74, 6) is -0.789. The SMILES string of the molecule is CCCCCCCC(=O)N[C@@H](Cc1cnc[nH]1)C(=O)N[C@@H](Cc1ccccc1)C(=O)N[C@@H](Cc1ccc(O)cc1)CN(C)CCc1ccccn1. The standard InChI is InChI=1S/C40H53N7O4/c1-3-4-5-6-10-16-38(49)45-37(26-33-27-41-29-43-33)40(51)46-36(25-30-13-8-7-9-14-30)39(50)44-34(24-31-17-19-35(48)20-18-31)28-47(2)23-21-32-15-11-12-22-42-32/h7-9,11-15,17-20,22,27,29,34,36-37,48H,3-6,10,16,21,23-26,28H2,1-2H3,(H,41,43)(H,44,50)(H,45,49)(H,46,51)/t34-,36-,37-/m0/s1. The van der Waals surface area contributed by atoms with E-state index in [-0.39, 0.29) is 36.4 Å². The van der Waals surface area contributed by atoms with Crippen LogP contribution in [0.1, 0.15) is 68.0 Å². The number of benzene rings is 2. The van der Waals surface area contributed by atoms with Gasteiger partial charge in [-0.05, 0) is 55.3 Å². The molecule has 0 unspecified atom stereocenters. The van der Waals surface area contributed by atoms with Crippen LogP contribution >= 0.6 is 0 Å². The second-order valence-corrected chi connectivity index (χ2v) is 13.2. The summed E-state index contributed by atoms with van der Waals surface area (Å²) in [6.45, 7) is 3.43. The number of nitrogens with one attached hydrogen (secondary N) is 4. The van der Waals surface area contributed by atoms with Gasteiger partial charge in [-0.15, -0.1) is 0 Å². The molecule has 4 aromatic rings. The number of H-pyrrole nitrogens is 1. The molecule has 0 saturated carbocycles. The zero-order valence-corrected chi connectivity index (χ0v) is 29.9. The molecule has 5 N–H and O–H groups in total. The van der Waals surface area contributed by atoms with E-state index in [0.29, 0.717) is 25.1 Å². The van der Waals surface area contributed by atoms with Gasteiger partial charge in [-0.2, -0.15) is 0 Å². The minimum absolute atomic E-state index is 0.172. The van der Waals surface area contributed by atoms with Crippen molar-refractivity contribution < 1.29 is 19.5 Å². The first-order chi connectivity index (χ1) is 24.8. The van der Waals surface area contributed by atoms with E-state index >= 15 is 0 Å². The number of likely N-dealkylation sites (N-methyl/N-ethyl adjacent to an activating group) is 1. The van der Waals surface area contributed by atoms with E-state index in [1.807, 2.05) is 67.7 Å². The van der Waals surface area contributed by atoms with Gasteiger partial charge in [0.2, 0.25) is 17.7 Å². The lowest BCUT2D eigenvalue weighted by Crippen LogP contribution is -2.57. The molecule has 2 aromatic heterocycles. The van der Waals surface area contributed by atoms with Crippen LogP contribution in [0, 0.1) is 0 Å². The average molecular weight is 696 g/mol. The monoisotopic (exact) mass is 695 g/mol. The number of rotatable bonds is 22. The van der Waals surface area contributed by atoms with E-state index in [1.54, 1.807) is 24.5 Å². The summed E-state index contributed by atoms with van der Waals surface area (Å²) in [5, 5.41) is 19.0. The molecule has 51 heavy (non-hydrogen) atoms. The number of unbranched alkanes of at least 4 members (excludes halogenated alkanes) is 4. The molecular weight excluding hydrogens is 642 g/mol. The van der Waals surface area contributed by atoms with Crippen molar-refractivity contribution in [2.75, 3.05) is 20.1 Å². The van der Waals surface area contributed by atoms with E-state index in [9.17, 15) is 19.5 Å². The summed E-state index contributed by atoms with van der Waals surface area (Å²) in [5.41, 5.74) is 3.53. The van der Waals surface area contributed by atoms with Crippen LogP contribution in [0.25, 0.3) is 0 Å². The molecule has 0 aliphatic rings. The van der Waals surface area contributed by atoms with Crippen molar-refractivity contribution in [1.82, 2.24) is 35.8 Å². The summed E-state index contributed by atoms with van der Waals surface area (Å²) in [6.07, 6.45) is 12.1. The first-order valence-electron chi connectivity index (χ1n) is 18.1. The van der Waals surface area contributed by atoms with Gasteiger partial charge in [-0.1, -0.05) is 81.1 Å². The number of amides is 3. The summed E-state index contributed by atoms with van der Waals surface area (Å²) < 4.78 is 0. The van der Waals surface area contributed by atoms with Crippen molar-refractivity contribution in [3.63, 3.8) is 0 Å². The topological polar surface area (TPSA) is 152 Å². The number of phenols is 1. The Labute approximate surface area is 301 Å². The number of aromatic nitrogens is 3. The number of aromatic hydroxyl groups is 1. The number of hydrogen-bond acceptors (Lipinski definition) is 7. The lowest BCUT2D eigenvalue weighted by molar-refractivity contribution is -0.132. The molecule has 0 bridgehead atoms. The van der Waals surface area contributed by atoms with Crippen LogP contribution < -0.4 is 16.0 Å². The zero-order chi connectivity index (χ0) is 36.3. The van der Waals surface area contributed by atoms with Crippen molar-refractivity contribution in [3.05, 3.63) is 114 Å². The van der Waals surface area contributed by atoms with Crippen molar-refractivity contribution in [2.45, 2.75) is 89.3 Å². The molecule has 2 aromatic carbocycles. The Morgan fingerprint density at radius 2 is 1.51 bits per heavy atom. The number of hydrogen-bond donors (Lipinski definition) is 5. The second kappa shape index (κ2) is 21.2. The zero-order valence-electron chi connectivity index (χ0n) is 29.9. The summed E-state index contributed by atoms with van der Waals surface area (Å²) in [6, 6.07) is 20.3. The minimum atomic E-state index is -0.906. The van der Waals surface area contributed by atoms with E-state index < -0.39 is 18.0 Å². The molecule has 0 fully saturated rings. The smallest absolute Gasteiger partial charge is 0.243 e. The minimum Gasteiger partial charge on any atom is -0.508 e. The second-order valence-electron chi connectivity index (χ2n) is 13.2. The molecule has 272 valence electrons. The van der Waals surface area contributed by atoms with Gasteiger partial charge in [-0.25, -0.2) is 4.98 Å². The molecule has 3 amide bonds. The van der Waals surface area contributed by atoms with Crippen molar-refractivity contribution in [3.8, 4) is 5.75 Å². The molecule has 2 heterocycles. The predicted molar refractivity (Wildman–Crippen MR) is 199 cm³/mol. The number of carbonyl (C=O) groups is 3. The molecule has 0 aliphatic carbocycles. The van der Waals surface area contributed by atoms with E-state index in [4.69, 9.17) is 0 Å². The number of phenolic OH excluding ortho intramolecular Hbond substituents is 1. The summed E-state index contributed by atoms with van der Waals surface area (Å²) >= 11 is 0. The van der Waals surface area contributed by atoms with Crippen LogP contribution in [0.3, 0.4) is 0 Å². The summed E-state index contributed by atoms with van der Waals surface area (Å²) in [4.78, 5) is 54.8. The molecule has 0 radical (unpaired) electrons. The lowest BCUT2D eigenvalue weighted by Gasteiger charge is -2.28. The van der Waals surface area contributed by atoms with Crippen LogP contribution in [-0.4, -0.2) is 80.9 Å². The van der Waals surface area contributed by atoms with E-state index in [0.717, 1.165) is 61.9 Å². The normalized spacial score (nSPS) is 12.9. The largest absolute Gasteiger partial charge is 0.508 e. The van der Waals surface area contributed by atoms with Crippen LogP contribution in [0.2, 0.25) is 0 Å². The van der Waals surface area contributed by atoms with Gasteiger partial charge in [0.1, 0.15) is 17.8 Å². The fourth-order valence-electron chi connectivity index (χ4n) is 6.01. The third-order valence-corrected chi connectivity index (χ3v) is 8.83. The number of pyridine rings is 1. The van der Waals surface area contributed by atoms with Crippen LogP contribution in [0.15, 0.2) is 91.5 Å². The number of imidazole rings is 1. The molecule has 0 spiro atoms. The Morgan fingerprint density at radius 1 is 0.804 bits per heavy atom. The third-order valence-electron chi connectivity index (χ3n) is 8.83. The maximum absolute atomic E-state index is 14.2. The Balaban J connectivity index is 1.49. The van der Waals surface area contributed by atoms with Crippen LogP contribution in [-0.2, 0) is 40.1 Å². The highest BCUT2D eigenvalue weighted by Gasteiger charge is 2.29. The molecule has 3 atom stereocenters. The highest BCUT2D eigenvalue weighted by molar-refractivity contribution is 5.92. The fraction of sp³-hybridized carbons (Fsp3) is 0.425. The van der Waals surface area contributed by atoms with Gasteiger partial charge in [0.25, 0.3) is 0 Å².